The van der Waals surface area contributed by atoms with Crippen LogP contribution < -0.4 is 5.73 Å². The molecule has 1 aromatic heterocycles. The summed E-state index contributed by atoms with van der Waals surface area (Å²) in [7, 11) is 0. The van der Waals surface area contributed by atoms with Gasteiger partial charge in [0.15, 0.2) is 0 Å². The zero-order valence-corrected chi connectivity index (χ0v) is 10.1. The van der Waals surface area contributed by atoms with Crippen LogP contribution in [0.4, 0.5) is 0 Å². The third-order valence-electron chi connectivity index (χ3n) is 4.01. The zero-order valence-electron chi connectivity index (χ0n) is 10.1. The van der Waals surface area contributed by atoms with Crippen molar-refractivity contribution in [2.45, 2.75) is 25.8 Å². The summed E-state index contributed by atoms with van der Waals surface area (Å²) in [6.45, 7) is 2.28. The smallest absolute Gasteiger partial charge is 0.0349 e. The third-order valence-corrected chi connectivity index (χ3v) is 4.01. The average molecular weight is 226 g/mol. The molecule has 2 aromatic rings. The summed E-state index contributed by atoms with van der Waals surface area (Å²) in [6, 6.07) is 8.54. The fourth-order valence-corrected chi connectivity index (χ4v) is 2.63. The predicted molar refractivity (Wildman–Crippen MR) is 70.6 cm³/mol. The van der Waals surface area contributed by atoms with Gasteiger partial charge in [-0.3, -0.25) is 4.98 Å². The van der Waals surface area contributed by atoms with Crippen molar-refractivity contribution < 1.29 is 0 Å². The molecule has 1 aliphatic rings. The molecule has 1 heterocycles. The number of aromatic nitrogens is 1. The second kappa shape index (κ2) is 4.11. The van der Waals surface area contributed by atoms with Crippen LogP contribution in [0.15, 0.2) is 36.7 Å². The molecule has 0 bridgehead atoms. The van der Waals surface area contributed by atoms with E-state index in [1.165, 1.54) is 29.2 Å². The first kappa shape index (κ1) is 10.7. The summed E-state index contributed by atoms with van der Waals surface area (Å²) in [5.74, 6) is 1.40. The Balaban J connectivity index is 2.03. The van der Waals surface area contributed by atoms with Crippen molar-refractivity contribution in [1.82, 2.24) is 4.98 Å². The minimum Gasteiger partial charge on any atom is -0.324 e. The molecule has 1 aliphatic carbocycles. The van der Waals surface area contributed by atoms with Gasteiger partial charge < -0.3 is 5.73 Å². The molecule has 2 nitrogen and oxygen atoms in total. The van der Waals surface area contributed by atoms with Crippen LogP contribution in [0.1, 0.15) is 31.4 Å². The Labute approximate surface area is 102 Å². The van der Waals surface area contributed by atoms with Gasteiger partial charge in [-0.15, -0.1) is 0 Å². The molecule has 17 heavy (non-hydrogen) atoms. The van der Waals surface area contributed by atoms with E-state index in [2.05, 4.69) is 30.1 Å². The summed E-state index contributed by atoms with van der Waals surface area (Å²) < 4.78 is 0. The fraction of sp³-hybridized carbons (Fsp3) is 0.400. The molecule has 88 valence electrons. The summed E-state index contributed by atoms with van der Waals surface area (Å²) in [6.07, 6.45) is 6.46. The topological polar surface area (TPSA) is 38.9 Å². The van der Waals surface area contributed by atoms with Gasteiger partial charge in [0.1, 0.15) is 0 Å². The molecule has 0 amide bonds. The first-order chi connectivity index (χ1) is 8.27. The number of hydrogen-bond acceptors (Lipinski definition) is 2. The van der Waals surface area contributed by atoms with Crippen molar-refractivity contribution in [3.63, 3.8) is 0 Å². The van der Waals surface area contributed by atoms with Gasteiger partial charge >= 0.3 is 0 Å². The number of rotatable bonds is 3. The molecule has 1 aromatic carbocycles. The van der Waals surface area contributed by atoms with E-state index in [0.717, 1.165) is 5.92 Å². The average Bonchev–Trinajstić information content (AvgIpc) is 3.20. The lowest BCUT2D eigenvalue weighted by Crippen LogP contribution is -2.20. The molecule has 1 fully saturated rings. The van der Waals surface area contributed by atoms with Crippen molar-refractivity contribution in [3.8, 4) is 0 Å². The minimum absolute atomic E-state index is 0.135. The van der Waals surface area contributed by atoms with E-state index in [9.17, 15) is 0 Å². The van der Waals surface area contributed by atoms with Gasteiger partial charge in [0.2, 0.25) is 0 Å². The van der Waals surface area contributed by atoms with Crippen molar-refractivity contribution >= 4 is 10.8 Å². The van der Waals surface area contributed by atoms with E-state index in [1.807, 2.05) is 18.5 Å². The first-order valence-corrected chi connectivity index (χ1v) is 6.35. The highest BCUT2D eigenvalue weighted by Gasteiger charge is 2.32. The Bertz CT molecular complexity index is 526. The largest absolute Gasteiger partial charge is 0.324 e. The van der Waals surface area contributed by atoms with E-state index in [0.29, 0.717) is 5.92 Å². The maximum Gasteiger partial charge on any atom is 0.0349 e. The number of benzene rings is 1. The Hall–Kier alpha value is -1.41. The quantitative estimate of drug-likeness (QED) is 0.872. The van der Waals surface area contributed by atoms with Crippen LogP contribution in [0.5, 0.6) is 0 Å². The van der Waals surface area contributed by atoms with Gasteiger partial charge in [-0.25, -0.2) is 0 Å². The van der Waals surface area contributed by atoms with Crippen molar-refractivity contribution in [2.75, 3.05) is 0 Å². The lowest BCUT2D eigenvalue weighted by Gasteiger charge is -2.21. The van der Waals surface area contributed by atoms with Crippen LogP contribution in [0, 0.1) is 11.8 Å². The molecule has 0 saturated heterocycles. The van der Waals surface area contributed by atoms with E-state index in [-0.39, 0.29) is 6.04 Å². The molecule has 1 saturated carbocycles. The maximum atomic E-state index is 6.42. The standard InChI is InChI=1S/C15H18N2/c1-10(11-5-6-11)15(16)13-4-2-3-12-7-8-17-9-14(12)13/h2-4,7-11,15H,5-6,16H2,1H3. The highest BCUT2D eigenvalue weighted by molar-refractivity contribution is 5.85. The predicted octanol–water partition coefficient (Wildman–Crippen LogP) is 3.28. The second-order valence-electron chi connectivity index (χ2n) is 5.17. The van der Waals surface area contributed by atoms with Crippen molar-refractivity contribution in [1.29, 1.82) is 0 Å². The van der Waals surface area contributed by atoms with Crippen LogP contribution >= 0.6 is 0 Å². The molecule has 2 heteroatoms. The van der Waals surface area contributed by atoms with E-state index in [1.54, 1.807) is 0 Å². The zero-order chi connectivity index (χ0) is 11.8. The number of nitrogens with two attached hydrogens (primary N) is 1. The first-order valence-electron chi connectivity index (χ1n) is 6.35. The van der Waals surface area contributed by atoms with Gasteiger partial charge in [0.25, 0.3) is 0 Å². The maximum absolute atomic E-state index is 6.42. The van der Waals surface area contributed by atoms with Crippen LogP contribution in [0.3, 0.4) is 0 Å². The normalized spacial score (nSPS) is 19.2. The van der Waals surface area contributed by atoms with Crippen molar-refractivity contribution in [2.24, 2.45) is 17.6 Å². The molecule has 0 radical (unpaired) electrons. The number of nitrogens with zero attached hydrogens (tertiary/aromatic N) is 1. The lowest BCUT2D eigenvalue weighted by atomic mass is 9.89. The number of hydrogen-bond donors (Lipinski definition) is 1. The molecular formula is C15H18N2. The van der Waals surface area contributed by atoms with Crippen LogP contribution in [-0.4, -0.2) is 4.98 Å². The third kappa shape index (κ3) is 1.93. The molecular weight excluding hydrogens is 208 g/mol. The SMILES string of the molecule is CC(C1CC1)C(N)c1cccc2ccncc12. The van der Waals surface area contributed by atoms with E-state index >= 15 is 0 Å². The number of fused-ring (bicyclic) bond motifs is 1. The second-order valence-corrected chi connectivity index (χ2v) is 5.17. The highest BCUT2D eigenvalue weighted by Crippen LogP contribution is 2.42. The van der Waals surface area contributed by atoms with Crippen LogP contribution in [0.25, 0.3) is 10.8 Å². The molecule has 2 N–H and O–H groups in total. The molecule has 0 spiro atoms. The van der Waals surface area contributed by atoms with Crippen LogP contribution in [0.2, 0.25) is 0 Å². The summed E-state index contributed by atoms with van der Waals surface area (Å²) in [5, 5.41) is 2.44. The van der Waals surface area contributed by atoms with E-state index < -0.39 is 0 Å². The van der Waals surface area contributed by atoms with Gasteiger partial charge in [-0.1, -0.05) is 25.1 Å². The molecule has 2 atom stereocenters. The van der Waals surface area contributed by atoms with Gasteiger partial charge in [-0.2, -0.15) is 0 Å². The number of pyridine rings is 1. The fourth-order valence-electron chi connectivity index (χ4n) is 2.63. The Morgan fingerprint density at radius 2 is 2.12 bits per heavy atom. The molecule has 3 rings (SSSR count). The summed E-state index contributed by atoms with van der Waals surface area (Å²) in [5.41, 5.74) is 7.66. The van der Waals surface area contributed by atoms with Gasteiger partial charge in [0, 0.05) is 23.8 Å². The van der Waals surface area contributed by atoms with Gasteiger partial charge in [-0.05, 0) is 41.7 Å². The highest BCUT2D eigenvalue weighted by atomic mass is 14.7. The minimum atomic E-state index is 0.135. The lowest BCUT2D eigenvalue weighted by molar-refractivity contribution is 0.419. The van der Waals surface area contributed by atoms with E-state index in [4.69, 9.17) is 5.73 Å². The molecule has 0 aliphatic heterocycles. The summed E-state index contributed by atoms with van der Waals surface area (Å²) >= 11 is 0. The monoisotopic (exact) mass is 226 g/mol. The van der Waals surface area contributed by atoms with Crippen molar-refractivity contribution in [3.05, 3.63) is 42.2 Å². The Morgan fingerprint density at radius 1 is 1.29 bits per heavy atom. The summed E-state index contributed by atoms with van der Waals surface area (Å²) in [4.78, 5) is 4.22. The van der Waals surface area contributed by atoms with Gasteiger partial charge in [0.05, 0.1) is 0 Å². The Kier molecular flexibility index (Phi) is 2.60. The Morgan fingerprint density at radius 3 is 2.88 bits per heavy atom. The molecule has 2 unspecified atom stereocenters. The van der Waals surface area contributed by atoms with Crippen LogP contribution in [-0.2, 0) is 0 Å².